The van der Waals surface area contributed by atoms with E-state index in [1.54, 1.807) is 12.1 Å². The van der Waals surface area contributed by atoms with Gasteiger partial charge in [-0.3, -0.25) is 0 Å². The molecule has 10 heteroatoms. The van der Waals surface area contributed by atoms with E-state index in [4.69, 9.17) is 116 Å². The summed E-state index contributed by atoms with van der Waals surface area (Å²) < 4.78 is -7.75. The molecule has 0 saturated carbocycles. The first-order valence-electron chi connectivity index (χ1n) is 6.07. The van der Waals surface area contributed by atoms with E-state index >= 15 is 0 Å². The highest BCUT2D eigenvalue weighted by Gasteiger charge is 2.51. The molecule has 23 heavy (non-hydrogen) atoms. The predicted molar refractivity (Wildman–Crippen MR) is 108 cm³/mol. The Balaban J connectivity index is 3.65. The van der Waals surface area contributed by atoms with Crippen LogP contribution in [0.4, 0.5) is 0 Å². The van der Waals surface area contributed by atoms with Crippen LogP contribution in [0.2, 0.25) is 0 Å². The highest BCUT2D eigenvalue weighted by molar-refractivity contribution is 6.76. The van der Waals surface area contributed by atoms with Crippen molar-refractivity contribution in [2.24, 2.45) is 0 Å². The molecule has 0 heterocycles. The summed E-state index contributed by atoms with van der Waals surface area (Å²) in [6.07, 6.45) is 0. The zero-order valence-corrected chi connectivity index (χ0v) is 19.1. The van der Waals surface area contributed by atoms with Crippen molar-refractivity contribution in [3.63, 3.8) is 0 Å². The Morgan fingerprint density at radius 2 is 1.13 bits per heavy atom. The van der Waals surface area contributed by atoms with Crippen molar-refractivity contribution in [3.05, 3.63) is 34.9 Å². The molecule has 0 bridgehead atoms. The Bertz CT molecular complexity index is 565. The standard InChI is InChI=1S/C13H10Cl10/c1-6(2)8-4-3-7(10(14,15)12(18,19)20)5-9(8)11(16,17)13(21,22)23/h3-6H,1-2H3. The molecule has 132 valence electrons. The summed E-state index contributed by atoms with van der Waals surface area (Å²) in [4.78, 5) is 0. The Kier molecular flexibility index (Phi) is 7.68. The largest absolute Gasteiger partial charge is 0.227 e. The van der Waals surface area contributed by atoms with Crippen molar-refractivity contribution in [1.82, 2.24) is 0 Å². The van der Waals surface area contributed by atoms with E-state index in [-0.39, 0.29) is 11.5 Å². The van der Waals surface area contributed by atoms with Crippen molar-refractivity contribution < 1.29 is 0 Å². The highest BCUT2D eigenvalue weighted by atomic mass is 35.6. The van der Waals surface area contributed by atoms with Gasteiger partial charge in [0.05, 0.1) is 0 Å². The molecule has 0 unspecified atom stereocenters. The SMILES string of the molecule is CC(C)c1ccc(C(Cl)(Cl)C(Cl)(Cl)Cl)cc1C(Cl)(Cl)C(Cl)(Cl)Cl. The van der Waals surface area contributed by atoms with Crippen LogP contribution in [-0.4, -0.2) is 7.59 Å². The lowest BCUT2D eigenvalue weighted by molar-refractivity contribution is 0.784. The molecule has 1 aromatic carbocycles. The Hall–Kier alpha value is 2.12. The Morgan fingerprint density at radius 1 is 0.696 bits per heavy atom. The van der Waals surface area contributed by atoms with Gasteiger partial charge in [0.1, 0.15) is 0 Å². The third-order valence-corrected chi connectivity index (χ3v) is 7.93. The van der Waals surface area contributed by atoms with Gasteiger partial charge in [-0.2, -0.15) is 0 Å². The molecule has 0 aliphatic heterocycles. The summed E-state index contributed by atoms with van der Waals surface area (Å²) in [5, 5.41) is 0. The average Bonchev–Trinajstić information content (AvgIpc) is 2.35. The molecule has 1 aromatic rings. The van der Waals surface area contributed by atoms with Gasteiger partial charge in [0, 0.05) is 0 Å². The summed E-state index contributed by atoms with van der Waals surface area (Å²) in [5.74, 6) is 0.0242. The first-order chi connectivity index (χ1) is 10.0. The van der Waals surface area contributed by atoms with Crippen molar-refractivity contribution in [2.45, 2.75) is 36.0 Å². The molecule has 0 amide bonds. The van der Waals surface area contributed by atoms with Gasteiger partial charge in [0.15, 0.2) is 8.67 Å². The molecular weight excluding hydrogens is 511 g/mol. The van der Waals surface area contributed by atoms with E-state index in [1.807, 2.05) is 13.8 Å². The van der Waals surface area contributed by atoms with E-state index in [9.17, 15) is 0 Å². The minimum atomic E-state index is -2.01. The third-order valence-electron chi connectivity index (χ3n) is 3.09. The number of hydrogen-bond donors (Lipinski definition) is 0. The van der Waals surface area contributed by atoms with Crippen LogP contribution in [0.3, 0.4) is 0 Å². The van der Waals surface area contributed by atoms with Gasteiger partial charge in [-0.1, -0.05) is 142 Å². The Morgan fingerprint density at radius 3 is 1.48 bits per heavy atom. The summed E-state index contributed by atoms with van der Waals surface area (Å²) in [6.45, 7) is 3.84. The van der Waals surface area contributed by atoms with E-state index in [2.05, 4.69) is 0 Å². The van der Waals surface area contributed by atoms with Crippen LogP contribution in [0.1, 0.15) is 36.5 Å². The number of hydrogen-bond acceptors (Lipinski definition) is 0. The average molecular weight is 521 g/mol. The number of halogens is 10. The number of rotatable bonds is 3. The van der Waals surface area contributed by atoms with E-state index < -0.39 is 16.3 Å². The number of benzene rings is 1. The molecule has 0 N–H and O–H groups in total. The van der Waals surface area contributed by atoms with Gasteiger partial charge in [-0.15, -0.1) is 0 Å². The molecule has 0 nitrogen and oxygen atoms in total. The van der Waals surface area contributed by atoms with Gasteiger partial charge in [-0.05, 0) is 28.7 Å². The quantitative estimate of drug-likeness (QED) is 0.349. The molecule has 0 atom stereocenters. The lowest BCUT2D eigenvalue weighted by Crippen LogP contribution is -2.32. The third kappa shape index (κ3) is 4.89. The fourth-order valence-electron chi connectivity index (χ4n) is 1.84. The van der Waals surface area contributed by atoms with E-state index in [0.717, 1.165) is 5.56 Å². The predicted octanol–water partition coefficient (Wildman–Crippen LogP) is 8.81. The molecule has 0 spiro atoms. The van der Waals surface area contributed by atoms with E-state index in [0.29, 0.717) is 5.56 Å². The maximum absolute atomic E-state index is 6.31. The summed E-state index contributed by atoms with van der Waals surface area (Å²) in [7, 11) is 0. The zero-order chi connectivity index (χ0) is 18.4. The lowest BCUT2D eigenvalue weighted by atomic mass is 9.92. The highest BCUT2D eigenvalue weighted by Crippen LogP contribution is 2.57. The normalized spacial score (nSPS) is 14.5. The second-order valence-electron chi connectivity index (χ2n) is 5.10. The van der Waals surface area contributed by atoms with Crippen LogP contribution in [-0.2, 0) is 8.67 Å². The second-order valence-corrected chi connectivity index (χ2v) is 12.3. The molecular formula is C13H10Cl10. The molecule has 1 rings (SSSR count). The van der Waals surface area contributed by atoms with Crippen molar-refractivity contribution in [1.29, 1.82) is 0 Å². The molecule has 0 aliphatic carbocycles. The fraction of sp³-hybridized carbons (Fsp3) is 0.538. The van der Waals surface area contributed by atoms with Gasteiger partial charge in [-0.25, -0.2) is 0 Å². The lowest BCUT2D eigenvalue weighted by Gasteiger charge is -2.33. The summed E-state index contributed by atoms with van der Waals surface area (Å²) >= 11 is 60.3. The van der Waals surface area contributed by atoms with Gasteiger partial charge in [0.2, 0.25) is 7.59 Å². The van der Waals surface area contributed by atoms with Crippen molar-refractivity contribution in [2.75, 3.05) is 0 Å². The maximum Gasteiger partial charge on any atom is 0.227 e. The molecule has 0 fully saturated rings. The first kappa shape index (κ1) is 23.2. The molecule has 0 aliphatic rings. The van der Waals surface area contributed by atoms with Crippen molar-refractivity contribution >= 4 is 116 Å². The van der Waals surface area contributed by atoms with Gasteiger partial charge >= 0.3 is 0 Å². The fourth-order valence-corrected chi connectivity index (χ4v) is 3.04. The van der Waals surface area contributed by atoms with Gasteiger partial charge in [0.25, 0.3) is 0 Å². The maximum atomic E-state index is 6.31. The minimum absolute atomic E-state index is 0.0242. The van der Waals surface area contributed by atoms with Gasteiger partial charge < -0.3 is 0 Å². The number of alkyl halides is 10. The van der Waals surface area contributed by atoms with E-state index in [1.165, 1.54) is 6.07 Å². The van der Waals surface area contributed by atoms with Crippen LogP contribution in [0.25, 0.3) is 0 Å². The van der Waals surface area contributed by atoms with Crippen LogP contribution in [0.15, 0.2) is 18.2 Å². The molecule has 0 saturated heterocycles. The van der Waals surface area contributed by atoms with Crippen LogP contribution in [0.5, 0.6) is 0 Å². The topological polar surface area (TPSA) is 0 Å². The van der Waals surface area contributed by atoms with Crippen LogP contribution in [0, 0.1) is 0 Å². The summed E-state index contributed by atoms with van der Waals surface area (Å²) in [5.41, 5.74) is 1.30. The Labute approximate surface area is 185 Å². The molecule has 0 radical (unpaired) electrons. The molecule has 0 aromatic heterocycles. The summed E-state index contributed by atoms with van der Waals surface area (Å²) in [6, 6.07) is 4.77. The second kappa shape index (κ2) is 7.63. The first-order valence-corrected chi connectivity index (χ1v) is 9.85. The van der Waals surface area contributed by atoms with Crippen molar-refractivity contribution in [3.8, 4) is 0 Å². The smallest absolute Gasteiger partial charge is 0.0915 e. The van der Waals surface area contributed by atoms with Crippen LogP contribution < -0.4 is 0 Å². The monoisotopic (exact) mass is 516 g/mol. The zero-order valence-electron chi connectivity index (χ0n) is 11.6. The van der Waals surface area contributed by atoms with Crippen LogP contribution >= 0.6 is 116 Å². The minimum Gasteiger partial charge on any atom is -0.0915 e.